The Labute approximate surface area is 156 Å². The summed E-state index contributed by atoms with van der Waals surface area (Å²) in [5.41, 5.74) is 0.416. The Bertz CT molecular complexity index is 1220. The van der Waals surface area contributed by atoms with E-state index < -0.39 is 17.8 Å². The van der Waals surface area contributed by atoms with Crippen molar-refractivity contribution in [1.29, 1.82) is 0 Å². The minimum Gasteiger partial charge on any atom is -0.275 e. The van der Waals surface area contributed by atoms with Crippen LogP contribution in [-0.4, -0.2) is 40.1 Å². The zero-order valence-corrected chi connectivity index (χ0v) is 15.1. The van der Waals surface area contributed by atoms with Gasteiger partial charge in [0.15, 0.2) is 11.3 Å². The number of hydrogen-bond donors (Lipinski definition) is 0. The van der Waals surface area contributed by atoms with E-state index in [1.807, 2.05) is 0 Å². The highest BCUT2D eigenvalue weighted by molar-refractivity contribution is 6.00. The van der Waals surface area contributed by atoms with Crippen LogP contribution in [0.5, 0.6) is 0 Å². The molecule has 0 aromatic carbocycles. The topological polar surface area (TPSA) is 82.9 Å². The number of hydrogen-bond acceptors (Lipinski definition) is 5. The molecule has 28 heavy (non-hydrogen) atoms. The molecule has 4 heterocycles. The van der Waals surface area contributed by atoms with Crippen LogP contribution in [0, 0.1) is 13.8 Å². The molecular weight excluding hydrogens is 375 g/mol. The first-order chi connectivity index (χ1) is 13.1. The smallest absolute Gasteiger partial charge is 0.275 e. The van der Waals surface area contributed by atoms with Crippen molar-refractivity contribution in [3.8, 4) is 11.3 Å². The predicted octanol–water partition coefficient (Wildman–Crippen LogP) is 2.65. The van der Waals surface area contributed by atoms with Crippen molar-refractivity contribution in [2.24, 2.45) is 7.05 Å². The summed E-state index contributed by atoms with van der Waals surface area (Å²) in [4.78, 5) is 17.0. The number of carbonyl (C=O) groups is 1. The first kappa shape index (κ1) is 17.9. The average Bonchev–Trinajstić information content (AvgIpc) is 3.30. The molecule has 4 aromatic rings. The summed E-state index contributed by atoms with van der Waals surface area (Å²) >= 11 is 0. The summed E-state index contributed by atoms with van der Waals surface area (Å²) in [5, 5.41) is 11.8. The molecule has 144 valence electrons. The van der Waals surface area contributed by atoms with Gasteiger partial charge in [-0.2, -0.15) is 28.5 Å². The maximum Gasteiger partial charge on any atom is 0.433 e. The third-order valence-electron chi connectivity index (χ3n) is 4.20. The van der Waals surface area contributed by atoms with Gasteiger partial charge < -0.3 is 0 Å². The van der Waals surface area contributed by atoms with Crippen molar-refractivity contribution in [2.45, 2.75) is 20.0 Å². The molecule has 0 unspecified atom stereocenters. The number of aromatic nitrogens is 7. The lowest BCUT2D eigenvalue weighted by molar-refractivity contribution is -0.142. The zero-order valence-electron chi connectivity index (χ0n) is 15.1. The van der Waals surface area contributed by atoms with Gasteiger partial charge >= 0.3 is 6.18 Å². The maximum absolute atomic E-state index is 13.6. The number of halogens is 3. The highest BCUT2D eigenvalue weighted by Crippen LogP contribution is 2.33. The van der Waals surface area contributed by atoms with Crippen LogP contribution in [0.25, 0.3) is 16.9 Å². The highest BCUT2D eigenvalue weighted by atomic mass is 19.4. The SMILES string of the molecule is Cc1cnn(C(=O)c2cnn3c(C(F)(F)F)cc(-c4cn(C)nc4C)nc23)c1. The minimum absolute atomic E-state index is 0.0524. The molecule has 11 heteroatoms. The Hall–Kier alpha value is -3.50. The van der Waals surface area contributed by atoms with Crippen LogP contribution >= 0.6 is 0 Å². The summed E-state index contributed by atoms with van der Waals surface area (Å²) in [6.45, 7) is 3.42. The maximum atomic E-state index is 13.6. The molecule has 0 atom stereocenters. The van der Waals surface area contributed by atoms with Crippen LogP contribution < -0.4 is 0 Å². The number of carbonyl (C=O) groups excluding carboxylic acids is 1. The second-order valence-electron chi connectivity index (χ2n) is 6.39. The van der Waals surface area contributed by atoms with Crippen LogP contribution in [0.1, 0.15) is 27.3 Å². The lowest BCUT2D eigenvalue weighted by Crippen LogP contribution is -2.16. The summed E-state index contributed by atoms with van der Waals surface area (Å²) < 4.78 is 44.1. The Morgan fingerprint density at radius 3 is 2.43 bits per heavy atom. The number of fused-ring (bicyclic) bond motifs is 1. The van der Waals surface area contributed by atoms with Crippen molar-refractivity contribution in [2.75, 3.05) is 0 Å². The standard InChI is InChI=1S/C17H14F3N7O/c1-9-5-21-26(7-9)16(28)11-6-22-27-14(17(18,19)20)4-13(23-15(11)27)12-8-25(3)24-10(12)2/h4-8H,1-3H3. The third kappa shape index (κ3) is 2.84. The van der Waals surface area contributed by atoms with E-state index in [0.29, 0.717) is 15.8 Å². The molecular formula is C17H14F3N7O. The predicted molar refractivity (Wildman–Crippen MR) is 91.6 cm³/mol. The fourth-order valence-corrected chi connectivity index (χ4v) is 2.95. The minimum atomic E-state index is -4.69. The van der Waals surface area contributed by atoms with Gasteiger partial charge in [-0.05, 0) is 25.5 Å². The van der Waals surface area contributed by atoms with Gasteiger partial charge in [0.1, 0.15) is 5.56 Å². The van der Waals surface area contributed by atoms with E-state index >= 15 is 0 Å². The molecule has 4 aromatic heterocycles. The highest BCUT2D eigenvalue weighted by Gasteiger charge is 2.36. The van der Waals surface area contributed by atoms with Gasteiger partial charge in [-0.15, -0.1) is 0 Å². The summed E-state index contributed by atoms with van der Waals surface area (Å²) in [6, 6.07) is 0.899. The molecule has 0 amide bonds. The third-order valence-corrected chi connectivity index (χ3v) is 4.20. The van der Waals surface area contributed by atoms with E-state index in [2.05, 4.69) is 20.3 Å². The summed E-state index contributed by atoms with van der Waals surface area (Å²) in [7, 11) is 1.66. The van der Waals surface area contributed by atoms with E-state index in [-0.39, 0.29) is 16.9 Å². The fraction of sp³-hybridized carbons (Fsp3) is 0.235. The molecule has 0 saturated carbocycles. The molecule has 0 aliphatic rings. The largest absolute Gasteiger partial charge is 0.433 e. The van der Waals surface area contributed by atoms with Gasteiger partial charge in [-0.3, -0.25) is 9.48 Å². The van der Waals surface area contributed by atoms with Crippen molar-refractivity contribution < 1.29 is 18.0 Å². The number of aryl methyl sites for hydroxylation is 3. The number of nitrogens with zero attached hydrogens (tertiary/aromatic N) is 7. The lowest BCUT2D eigenvalue weighted by Gasteiger charge is -2.11. The average molecular weight is 389 g/mol. The van der Waals surface area contributed by atoms with Gasteiger partial charge in [-0.1, -0.05) is 0 Å². The van der Waals surface area contributed by atoms with Crippen LogP contribution in [0.3, 0.4) is 0 Å². The summed E-state index contributed by atoms with van der Waals surface area (Å²) in [5.74, 6) is -0.621. The molecule has 0 saturated heterocycles. The van der Waals surface area contributed by atoms with Gasteiger partial charge in [0.2, 0.25) is 0 Å². The fourth-order valence-electron chi connectivity index (χ4n) is 2.95. The van der Waals surface area contributed by atoms with E-state index in [1.165, 1.54) is 17.1 Å². The monoisotopic (exact) mass is 389 g/mol. The molecule has 0 radical (unpaired) electrons. The molecule has 0 spiro atoms. The first-order valence-electron chi connectivity index (χ1n) is 8.17. The van der Waals surface area contributed by atoms with Crippen molar-refractivity contribution in [3.05, 3.63) is 53.4 Å². The second kappa shape index (κ2) is 6.01. The Morgan fingerprint density at radius 2 is 1.86 bits per heavy atom. The van der Waals surface area contributed by atoms with E-state index in [4.69, 9.17) is 0 Å². The summed E-state index contributed by atoms with van der Waals surface area (Å²) in [6.07, 6.45) is 0.898. The molecule has 8 nitrogen and oxygen atoms in total. The van der Waals surface area contributed by atoms with Gasteiger partial charge in [0.05, 0.1) is 23.8 Å². The normalized spacial score (nSPS) is 12.1. The van der Waals surface area contributed by atoms with Crippen LogP contribution in [0.2, 0.25) is 0 Å². The van der Waals surface area contributed by atoms with Crippen LogP contribution in [0.4, 0.5) is 13.2 Å². The molecule has 4 rings (SSSR count). The Kier molecular flexibility index (Phi) is 3.84. The number of rotatable bonds is 2. The lowest BCUT2D eigenvalue weighted by atomic mass is 10.1. The Balaban J connectivity index is 1.98. The molecule has 0 N–H and O–H groups in total. The number of alkyl halides is 3. The van der Waals surface area contributed by atoms with Crippen LogP contribution in [-0.2, 0) is 13.2 Å². The van der Waals surface area contributed by atoms with Crippen molar-refractivity contribution >= 4 is 11.6 Å². The Morgan fingerprint density at radius 1 is 1.11 bits per heavy atom. The quantitative estimate of drug-likeness (QED) is 0.526. The van der Waals surface area contributed by atoms with Gasteiger partial charge in [0, 0.05) is 25.0 Å². The first-order valence-corrected chi connectivity index (χ1v) is 8.17. The van der Waals surface area contributed by atoms with E-state index in [0.717, 1.165) is 22.5 Å². The van der Waals surface area contributed by atoms with E-state index in [1.54, 1.807) is 27.1 Å². The van der Waals surface area contributed by atoms with Crippen LogP contribution in [0.15, 0.2) is 30.9 Å². The second-order valence-corrected chi connectivity index (χ2v) is 6.39. The molecule has 0 aliphatic carbocycles. The van der Waals surface area contributed by atoms with E-state index in [9.17, 15) is 18.0 Å². The molecule has 0 fully saturated rings. The molecule has 0 bridgehead atoms. The van der Waals surface area contributed by atoms with Crippen molar-refractivity contribution in [3.63, 3.8) is 0 Å². The van der Waals surface area contributed by atoms with Crippen molar-refractivity contribution in [1.82, 2.24) is 34.2 Å². The zero-order chi connectivity index (χ0) is 20.2. The molecule has 0 aliphatic heterocycles. The van der Waals surface area contributed by atoms with Gasteiger partial charge in [0.25, 0.3) is 5.91 Å². The van der Waals surface area contributed by atoms with Gasteiger partial charge in [-0.25, -0.2) is 14.2 Å².